The number of rotatable bonds is 6. The van der Waals surface area contributed by atoms with Gasteiger partial charge in [-0.1, -0.05) is 30.3 Å². The number of hydrogen-bond donors (Lipinski definition) is 2. The van der Waals surface area contributed by atoms with Gasteiger partial charge in [0.2, 0.25) is 17.7 Å². The third kappa shape index (κ3) is 4.27. The molecule has 1 aromatic heterocycles. The highest BCUT2D eigenvalue weighted by atomic mass is 16.2. The minimum Gasteiger partial charge on any atom is -0.358 e. The molecule has 0 saturated carbocycles. The summed E-state index contributed by atoms with van der Waals surface area (Å²) in [4.78, 5) is 37.3. The Labute approximate surface area is 151 Å². The predicted octanol–water partition coefficient (Wildman–Crippen LogP) is 0.584. The summed E-state index contributed by atoms with van der Waals surface area (Å²) in [7, 11) is 1.55. The van der Waals surface area contributed by atoms with Crippen LogP contribution < -0.4 is 10.6 Å². The molecule has 1 fully saturated rings. The summed E-state index contributed by atoms with van der Waals surface area (Å²) in [5.41, 5.74) is 1.60. The van der Waals surface area contributed by atoms with Crippen molar-refractivity contribution < 1.29 is 14.4 Å². The summed E-state index contributed by atoms with van der Waals surface area (Å²) in [6.45, 7) is 0.616. The number of amides is 3. The van der Waals surface area contributed by atoms with Crippen molar-refractivity contribution in [1.82, 2.24) is 20.0 Å². The van der Waals surface area contributed by atoms with Crippen molar-refractivity contribution in [2.75, 3.05) is 25.5 Å². The third-order valence-electron chi connectivity index (χ3n) is 4.32. The number of likely N-dealkylation sites (N-methyl/N-ethyl adjacent to an activating group) is 1. The lowest BCUT2D eigenvalue weighted by atomic mass is 9.99. The first-order valence-corrected chi connectivity index (χ1v) is 8.40. The molecule has 2 heterocycles. The van der Waals surface area contributed by atoms with Gasteiger partial charge >= 0.3 is 0 Å². The molecule has 1 aromatic carbocycles. The zero-order valence-electron chi connectivity index (χ0n) is 14.5. The minimum atomic E-state index is -0.286. The quantitative estimate of drug-likeness (QED) is 0.792. The topological polar surface area (TPSA) is 96.3 Å². The standard InChI is InChI=1S/C18H21N5O3/c1-19-16(24)12-23-10-15(8-20-23)21-17(25)11-22-9-14(7-18(22)26)13-5-3-2-4-6-13/h2-6,8,10,14H,7,9,11-12H2,1H3,(H,19,24)(H,21,25). The van der Waals surface area contributed by atoms with Crippen molar-refractivity contribution in [1.29, 1.82) is 0 Å². The van der Waals surface area contributed by atoms with Crippen LogP contribution in [0.4, 0.5) is 5.69 Å². The van der Waals surface area contributed by atoms with Gasteiger partial charge in [-0.3, -0.25) is 19.1 Å². The lowest BCUT2D eigenvalue weighted by molar-refractivity contribution is -0.131. The normalized spacial score (nSPS) is 16.6. The third-order valence-corrected chi connectivity index (χ3v) is 4.32. The number of aromatic nitrogens is 2. The highest BCUT2D eigenvalue weighted by molar-refractivity contribution is 5.95. The molecule has 8 nitrogen and oxygen atoms in total. The van der Waals surface area contributed by atoms with E-state index in [1.54, 1.807) is 18.1 Å². The van der Waals surface area contributed by atoms with Gasteiger partial charge in [0, 0.05) is 32.1 Å². The Balaban J connectivity index is 1.53. The van der Waals surface area contributed by atoms with Crippen LogP contribution in [0.15, 0.2) is 42.7 Å². The molecule has 0 radical (unpaired) electrons. The molecule has 3 rings (SSSR count). The number of carbonyl (C=O) groups is 3. The molecule has 0 spiro atoms. The molecule has 26 heavy (non-hydrogen) atoms. The van der Waals surface area contributed by atoms with E-state index >= 15 is 0 Å². The number of nitrogens with one attached hydrogen (secondary N) is 2. The molecule has 136 valence electrons. The molecular weight excluding hydrogens is 334 g/mol. The average molecular weight is 355 g/mol. The van der Waals surface area contributed by atoms with E-state index in [0.29, 0.717) is 18.7 Å². The molecule has 8 heteroatoms. The first kappa shape index (κ1) is 17.7. The molecule has 1 unspecified atom stereocenters. The first-order valence-electron chi connectivity index (χ1n) is 8.40. The Morgan fingerprint density at radius 2 is 1.96 bits per heavy atom. The molecule has 3 amide bonds. The fraction of sp³-hybridized carbons (Fsp3) is 0.333. The second-order valence-electron chi connectivity index (χ2n) is 6.23. The van der Waals surface area contributed by atoms with Crippen molar-refractivity contribution >= 4 is 23.4 Å². The van der Waals surface area contributed by atoms with Gasteiger partial charge in [0.05, 0.1) is 18.4 Å². The number of carbonyl (C=O) groups excluding carboxylic acids is 3. The van der Waals surface area contributed by atoms with E-state index in [0.717, 1.165) is 5.56 Å². The molecule has 1 aliphatic heterocycles. The van der Waals surface area contributed by atoms with Gasteiger partial charge in [-0.05, 0) is 5.56 Å². The van der Waals surface area contributed by atoms with Gasteiger partial charge < -0.3 is 15.5 Å². The van der Waals surface area contributed by atoms with Crippen LogP contribution in [-0.2, 0) is 20.9 Å². The van der Waals surface area contributed by atoms with Gasteiger partial charge in [0.25, 0.3) is 0 Å². The highest BCUT2D eigenvalue weighted by Crippen LogP contribution is 2.27. The van der Waals surface area contributed by atoms with Gasteiger partial charge in [-0.25, -0.2) is 0 Å². The van der Waals surface area contributed by atoms with Gasteiger partial charge in [-0.2, -0.15) is 5.10 Å². The second kappa shape index (κ2) is 7.81. The van der Waals surface area contributed by atoms with Crippen LogP contribution in [0.3, 0.4) is 0 Å². The highest BCUT2D eigenvalue weighted by Gasteiger charge is 2.31. The van der Waals surface area contributed by atoms with E-state index < -0.39 is 0 Å². The zero-order chi connectivity index (χ0) is 18.5. The summed E-state index contributed by atoms with van der Waals surface area (Å²) in [5, 5.41) is 9.23. The lowest BCUT2D eigenvalue weighted by Gasteiger charge is -2.16. The van der Waals surface area contributed by atoms with Gasteiger partial charge in [0.15, 0.2) is 0 Å². The SMILES string of the molecule is CNC(=O)Cn1cc(NC(=O)CN2CC(c3ccccc3)CC2=O)cn1. The Morgan fingerprint density at radius 1 is 1.19 bits per heavy atom. The van der Waals surface area contributed by atoms with Crippen LogP contribution in [0.5, 0.6) is 0 Å². The lowest BCUT2D eigenvalue weighted by Crippen LogP contribution is -2.34. The number of hydrogen-bond acceptors (Lipinski definition) is 4. The Kier molecular flexibility index (Phi) is 5.31. The van der Waals surface area contributed by atoms with Gasteiger partial charge in [0.1, 0.15) is 6.54 Å². The van der Waals surface area contributed by atoms with E-state index in [4.69, 9.17) is 0 Å². The maximum Gasteiger partial charge on any atom is 0.244 e. The predicted molar refractivity (Wildman–Crippen MR) is 95.3 cm³/mol. The Morgan fingerprint density at radius 3 is 2.69 bits per heavy atom. The molecule has 0 bridgehead atoms. The molecule has 1 atom stereocenters. The summed E-state index contributed by atoms with van der Waals surface area (Å²) >= 11 is 0. The maximum absolute atomic E-state index is 12.2. The van der Waals surface area contributed by atoms with Crippen LogP contribution in [0.1, 0.15) is 17.9 Å². The monoisotopic (exact) mass is 355 g/mol. The van der Waals surface area contributed by atoms with Crippen molar-refractivity contribution in [2.24, 2.45) is 0 Å². The van der Waals surface area contributed by atoms with Gasteiger partial charge in [-0.15, -0.1) is 0 Å². The maximum atomic E-state index is 12.2. The van der Waals surface area contributed by atoms with E-state index in [2.05, 4.69) is 15.7 Å². The number of likely N-dealkylation sites (tertiary alicyclic amines) is 1. The van der Waals surface area contributed by atoms with Crippen molar-refractivity contribution in [3.63, 3.8) is 0 Å². The van der Waals surface area contributed by atoms with E-state index in [1.165, 1.54) is 10.9 Å². The van der Waals surface area contributed by atoms with Crippen LogP contribution in [0.2, 0.25) is 0 Å². The molecular formula is C18H21N5O3. The number of anilines is 1. The fourth-order valence-corrected chi connectivity index (χ4v) is 2.99. The summed E-state index contributed by atoms with van der Waals surface area (Å²) in [6, 6.07) is 9.85. The molecule has 1 saturated heterocycles. The smallest absolute Gasteiger partial charge is 0.244 e. The molecule has 2 aromatic rings. The molecule has 0 aliphatic carbocycles. The van der Waals surface area contributed by atoms with Crippen molar-refractivity contribution in [3.05, 3.63) is 48.3 Å². The van der Waals surface area contributed by atoms with Crippen LogP contribution in [-0.4, -0.2) is 52.5 Å². The number of benzene rings is 1. The largest absolute Gasteiger partial charge is 0.358 e. The number of nitrogens with zero attached hydrogens (tertiary/aromatic N) is 3. The minimum absolute atomic E-state index is 0.00277. The van der Waals surface area contributed by atoms with Crippen LogP contribution in [0, 0.1) is 0 Å². The second-order valence-corrected chi connectivity index (χ2v) is 6.23. The van der Waals surface area contributed by atoms with Crippen molar-refractivity contribution in [2.45, 2.75) is 18.9 Å². The Hall–Kier alpha value is -3.16. The van der Waals surface area contributed by atoms with Crippen LogP contribution in [0.25, 0.3) is 0 Å². The van der Waals surface area contributed by atoms with Crippen LogP contribution >= 0.6 is 0 Å². The summed E-state index contributed by atoms with van der Waals surface area (Å²) in [6.07, 6.45) is 3.46. The average Bonchev–Trinajstić information content (AvgIpc) is 3.22. The molecule has 2 N–H and O–H groups in total. The first-order chi connectivity index (χ1) is 12.5. The molecule has 1 aliphatic rings. The van der Waals surface area contributed by atoms with E-state index in [1.807, 2.05) is 30.3 Å². The van der Waals surface area contributed by atoms with Crippen molar-refractivity contribution in [3.8, 4) is 0 Å². The van der Waals surface area contributed by atoms with E-state index in [-0.39, 0.29) is 36.7 Å². The summed E-state index contributed by atoms with van der Waals surface area (Å²) < 4.78 is 1.43. The fourth-order valence-electron chi connectivity index (χ4n) is 2.99. The Bertz CT molecular complexity index is 802. The zero-order valence-corrected chi connectivity index (χ0v) is 14.5. The summed E-state index contributed by atoms with van der Waals surface area (Å²) in [5.74, 6) is -0.372. The van der Waals surface area contributed by atoms with E-state index in [9.17, 15) is 14.4 Å².